The third-order valence-electron chi connectivity index (χ3n) is 15.4. The van der Waals surface area contributed by atoms with Gasteiger partial charge in [-0.15, -0.1) is 0 Å². The predicted octanol–water partition coefficient (Wildman–Crippen LogP) is 21.7. The summed E-state index contributed by atoms with van der Waals surface area (Å²) in [7, 11) is 0. The number of carbonyl (C=O) groups is 3. The van der Waals surface area contributed by atoms with Crippen molar-refractivity contribution < 1.29 is 28.6 Å². The molecule has 0 saturated carbocycles. The zero-order valence-corrected chi connectivity index (χ0v) is 48.7. The van der Waals surface area contributed by atoms with Gasteiger partial charge in [0, 0.05) is 19.3 Å². The highest BCUT2D eigenvalue weighted by Gasteiger charge is 2.19. The summed E-state index contributed by atoms with van der Waals surface area (Å²) in [6.07, 6.45) is 66.7. The van der Waals surface area contributed by atoms with E-state index in [1.165, 1.54) is 270 Å². The van der Waals surface area contributed by atoms with Gasteiger partial charge < -0.3 is 14.2 Å². The Morgan fingerprint density at radius 2 is 0.493 bits per heavy atom. The van der Waals surface area contributed by atoms with E-state index in [4.69, 9.17) is 14.2 Å². The minimum atomic E-state index is -0.763. The summed E-state index contributed by atoms with van der Waals surface area (Å²) in [5, 5.41) is 0. The summed E-state index contributed by atoms with van der Waals surface area (Å²) >= 11 is 0. The second-order valence-corrected chi connectivity index (χ2v) is 22.6. The summed E-state index contributed by atoms with van der Waals surface area (Å²) < 4.78 is 17.0. The number of carbonyl (C=O) groups excluding carboxylic acids is 3. The number of esters is 3. The van der Waals surface area contributed by atoms with Crippen molar-refractivity contribution >= 4 is 17.9 Å². The highest BCUT2D eigenvalue weighted by atomic mass is 16.6. The maximum absolute atomic E-state index is 12.9. The first kappa shape index (κ1) is 69.4. The molecule has 2 atom stereocenters. The number of unbranched alkanes of at least 4 members (excludes halogenated alkanes) is 46. The number of rotatable bonds is 60. The quantitative estimate of drug-likeness (QED) is 0.0343. The lowest BCUT2D eigenvalue weighted by atomic mass is 9.99. The summed E-state index contributed by atoms with van der Waals surface area (Å²) in [6, 6.07) is 0. The molecule has 71 heavy (non-hydrogen) atoms. The summed E-state index contributed by atoms with van der Waals surface area (Å²) in [6.45, 7) is 9.13. The van der Waals surface area contributed by atoms with Crippen LogP contribution in [0.5, 0.6) is 0 Å². The van der Waals surface area contributed by atoms with Crippen molar-refractivity contribution in [3.63, 3.8) is 0 Å². The molecule has 0 heterocycles. The Hall–Kier alpha value is -1.59. The SMILES string of the molecule is CCCCCCCCCCCCCCCCCCCCC(=O)OC[C@@H](COC(=O)CCCCCCCCCCCCCCCCCCC)OC(=O)CCCCCCCCCCCCCCCCC(C)CC. The van der Waals surface area contributed by atoms with Crippen LogP contribution < -0.4 is 0 Å². The Balaban J connectivity index is 4.29. The third-order valence-corrected chi connectivity index (χ3v) is 15.4. The lowest BCUT2D eigenvalue weighted by molar-refractivity contribution is -0.167. The van der Waals surface area contributed by atoms with Gasteiger partial charge in [0.15, 0.2) is 6.10 Å². The van der Waals surface area contributed by atoms with E-state index in [0.717, 1.165) is 63.7 Å². The van der Waals surface area contributed by atoms with Crippen LogP contribution in [0.15, 0.2) is 0 Å². The molecule has 0 spiro atoms. The molecule has 0 rings (SSSR count). The van der Waals surface area contributed by atoms with Crippen LogP contribution in [-0.4, -0.2) is 37.2 Å². The highest BCUT2D eigenvalue weighted by Crippen LogP contribution is 2.19. The van der Waals surface area contributed by atoms with Gasteiger partial charge in [0.1, 0.15) is 13.2 Å². The number of ether oxygens (including phenoxy) is 3. The van der Waals surface area contributed by atoms with Gasteiger partial charge in [0.05, 0.1) is 0 Å². The van der Waals surface area contributed by atoms with Gasteiger partial charge >= 0.3 is 17.9 Å². The number of hydrogen-bond acceptors (Lipinski definition) is 6. The van der Waals surface area contributed by atoms with Gasteiger partial charge in [-0.2, -0.15) is 0 Å². The Morgan fingerprint density at radius 3 is 0.732 bits per heavy atom. The second kappa shape index (κ2) is 59.3. The molecule has 0 aliphatic carbocycles. The van der Waals surface area contributed by atoms with E-state index in [0.29, 0.717) is 19.3 Å². The fourth-order valence-corrected chi connectivity index (χ4v) is 10.1. The van der Waals surface area contributed by atoms with Gasteiger partial charge in [0.2, 0.25) is 0 Å². The zero-order valence-electron chi connectivity index (χ0n) is 48.7. The van der Waals surface area contributed by atoms with Crippen molar-refractivity contribution in [3.8, 4) is 0 Å². The van der Waals surface area contributed by atoms with Crippen LogP contribution in [0.2, 0.25) is 0 Å². The van der Waals surface area contributed by atoms with E-state index in [2.05, 4.69) is 27.7 Å². The first-order valence-corrected chi connectivity index (χ1v) is 32.4. The lowest BCUT2D eigenvalue weighted by Gasteiger charge is -2.18. The van der Waals surface area contributed by atoms with E-state index < -0.39 is 6.10 Å². The largest absolute Gasteiger partial charge is 0.462 e. The van der Waals surface area contributed by atoms with E-state index in [1.807, 2.05) is 0 Å². The second-order valence-electron chi connectivity index (χ2n) is 22.6. The Morgan fingerprint density at radius 1 is 0.282 bits per heavy atom. The summed E-state index contributed by atoms with van der Waals surface area (Å²) in [5.41, 5.74) is 0. The molecule has 0 bridgehead atoms. The molecule has 422 valence electrons. The van der Waals surface area contributed by atoms with E-state index in [9.17, 15) is 14.4 Å². The predicted molar refractivity (Wildman–Crippen MR) is 307 cm³/mol. The first-order valence-electron chi connectivity index (χ1n) is 32.4. The molecule has 0 saturated heterocycles. The van der Waals surface area contributed by atoms with Crippen molar-refractivity contribution in [2.24, 2.45) is 5.92 Å². The van der Waals surface area contributed by atoms with Gasteiger partial charge in [-0.1, -0.05) is 336 Å². The molecule has 0 aromatic carbocycles. The van der Waals surface area contributed by atoms with Crippen LogP contribution in [-0.2, 0) is 28.6 Å². The first-order chi connectivity index (χ1) is 34.9. The average molecular weight is 1000 g/mol. The maximum atomic E-state index is 12.9. The van der Waals surface area contributed by atoms with Crippen LogP contribution in [0.4, 0.5) is 0 Å². The van der Waals surface area contributed by atoms with Gasteiger partial charge in [-0.05, 0) is 25.2 Å². The minimum absolute atomic E-state index is 0.0611. The molecule has 0 aromatic rings. The van der Waals surface area contributed by atoms with Crippen molar-refractivity contribution in [3.05, 3.63) is 0 Å². The monoisotopic (exact) mass is 1000 g/mol. The highest BCUT2D eigenvalue weighted by molar-refractivity contribution is 5.71. The topological polar surface area (TPSA) is 78.9 Å². The Labute approximate surface area is 444 Å². The van der Waals surface area contributed by atoms with Gasteiger partial charge in [-0.3, -0.25) is 14.4 Å². The average Bonchev–Trinajstić information content (AvgIpc) is 3.37. The minimum Gasteiger partial charge on any atom is -0.462 e. The van der Waals surface area contributed by atoms with Crippen LogP contribution in [0.1, 0.15) is 374 Å². The number of hydrogen-bond donors (Lipinski definition) is 0. The van der Waals surface area contributed by atoms with E-state index >= 15 is 0 Å². The fourth-order valence-electron chi connectivity index (χ4n) is 10.1. The molecule has 0 radical (unpaired) electrons. The van der Waals surface area contributed by atoms with Crippen LogP contribution in [0.3, 0.4) is 0 Å². The summed E-state index contributed by atoms with van der Waals surface area (Å²) in [4.78, 5) is 38.3. The Bertz CT molecular complexity index is 1080. The third kappa shape index (κ3) is 57.5. The van der Waals surface area contributed by atoms with Crippen LogP contribution >= 0.6 is 0 Å². The molecule has 0 N–H and O–H groups in total. The van der Waals surface area contributed by atoms with Crippen molar-refractivity contribution in [2.75, 3.05) is 13.2 Å². The standard InChI is InChI=1S/C65H126O6/c1-5-8-10-12-14-16-18-20-22-24-26-28-33-37-41-45-49-53-57-64(67)70-60-62(59-69-63(66)56-52-48-44-40-36-32-27-25-23-21-19-17-15-13-11-9-6-2)71-65(68)58-54-50-46-42-38-34-30-29-31-35-39-43-47-51-55-61(4)7-3/h61-62H,5-60H2,1-4H3/t61?,62-/m1/s1. The van der Waals surface area contributed by atoms with Crippen molar-refractivity contribution in [1.82, 2.24) is 0 Å². The molecule has 0 fully saturated rings. The molecular weight excluding hydrogens is 877 g/mol. The van der Waals surface area contributed by atoms with E-state index in [1.54, 1.807) is 0 Å². The fraction of sp³-hybridized carbons (Fsp3) is 0.954. The molecule has 6 nitrogen and oxygen atoms in total. The molecular formula is C65H126O6. The molecule has 0 aromatic heterocycles. The lowest BCUT2D eigenvalue weighted by Crippen LogP contribution is -2.30. The van der Waals surface area contributed by atoms with E-state index in [-0.39, 0.29) is 31.1 Å². The molecule has 1 unspecified atom stereocenters. The molecule has 0 aliphatic rings. The molecule has 0 aliphatic heterocycles. The zero-order chi connectivity index (χ0) is 51.6. The van der Waals surface area contributed by atoms with Crippen LogP contribution in [0.25, 0.3) is 0 Å². The van der Waals surface area contributed by atoms with Gasteiger partial charge in [-0.25, -0.2) is 0 Å². The molecule has 6 heteroatoms. The van der Waals surface area contributed by atoms with Crippen molar-refractivity contribution in [1.29, 1.82) is 0 Å². The Kier molecular flexibility index (Phi) is 58.0. The van der Waals surface area contributed by atoms with Crippen LogP contribution in [0, 0.1) is 5.92 Å². The smallest absolute Gasteiger partial charge is 0.306 e. The normalized spacial score (nSPS) is 12.3. The maximum Gasteiger partial charge on any atom is 0.306 e. The summed E-state index contributed by atoms with van der Waals surface area (Å²) in [5.74, 6) is 0.0681. The molecule has 0 amide bonds. The van der Waals surface area contributed by atoms with Gasteiger partial charge in [0.25, 0.3) is 0 Å². The van der Waals surface area contributed by atoms with Crippen molar-refractivity contribution in [2.45, 2.75) is 381 Å².